The number of carbonyl (C=O) groups is 2. The summed E-state index contributed by atoms with van der Waals surface area (Å²) in [6.45, 7) is 8.37. The van der Waals surface area contributed by atoms with Gasteiger partial charge in [0.1, 0.15) is 19.0 Å². The summed E-state index contributed by atoms with van der Waals surface area (Å²) in [4.78, 5) is 39.2. The summed E-state index contributed by atoms with van der Waals surface area (Å²) in [6.07, 6.45) is 2.03. The molecule has 8 nitrogen and oxygen atoms in total. The van der Waals surface area contributed by atoms with E-state index in [0.717, 1.165) is 24.1 Å². The lowest BCUT2D eigenvalue weighted by Crippen LogP contribution is -2.33. The highest BCUT2D eigenvalue weighted by atomic mass is 16.6. The van der Waals surface area contributed by atoms with Crippen molar-refractivity contribution in [1.29, 1.82) is 0 Å². The van der Waals surface area contributed by atoms with E-state index in [1.54, 1.807) is 23.1 Å². The molecule has 0 saturated carbocycles. The average Bonchev–Trinajstić information content (AvgIpc) is 3.38. The molecule has 0 unspecified atom stereocenters. The Morgan fingerprint density at radius 1 is 1.19 bits per heavy atom. The minimum atomic E-state index is -0.212. The van der Waals surface area contributed by atoms with Crippen LogP contribution in [0.4, 0.5) is 5.82 Å². The van der Waals surface area contributed by atoms with E-state index in [1.165, 1.54) is 0 Å². The summed E-state index contributed by atoms with van der Waals surface area (Å²) >= 11 is 0. The van der Waals surface area contributed by atoms with Gasteiger partial charge in [0.25, 0.3) is 5.91 Å². The first-order valence-electron chi connectivity index (χ1n) is 11.3. The molecule has 1 fully saturated rings. The Bertz CT molecular complexity index is 1080. The van der Waals surface area contributed by atoms with Gasteiger partial charge in [0.2, 0.25) is 5.91 Å². The topological polar surface area (TPSA) is 84.9 Å². The summed E-state index contributed by atoms with van der Waals surface area (Å²) in [6, 6.07) is 5.11. The van der Waals surface area contributed by atoms with E-state index in [4.69, 9.17) is 19.4 Å². The van der Waals surface area contributed by atoms with Crippen LogP contribution in [0, 0.1) is 12.8 Å². The molecule has 0 radical (unpaired) electrons. The molecule has 4 heterocycles. The smallest absolute Gasteiger partial charge is 0.254 e. The Kier molecular flexibility index (Phi) is 5.23. The van der Waals surface area contributed by atoms with E-state index in [1.807, 2.05) is 11.8 Å². The zero-order valence-corrected chi connectivity index (χ0v) is 18.8. The van der Waals surface area contributed by atoms with Crippen molar-refractivity contribution >= 4 is 17.6 Å². The van der Waals surface area contributed by atoms with Crippen LogP contribution < -0.4 is 14.4 Å². The van der Waals surface area contributed by atoms with Crippen molar-refractivity contribution in [3.8, 4) is 11.5 Å². The van der Waals surface area contributed by atoms with Gasteiger partial charge < -0.3 is 14.4 Å². The predicted octanol–water partition coefficient (Wildman–Crippen LogP) is 3.08. The van der Waals surface area contributed by atoms with Gasteiger partial charge in [-0.1, -0.05) is 13.8 Å². The van der Waals surface area contributed by atoms with Gasteiger partial charge in [-0.2, -0.15) is 0 Å². The summed E-state index contributed by atoms with van der Waals surface area (Å²) in [5.74, 6) is 2.94. The third kappa shape index (κ3) is 3.57. The minimum absolute atomic E-state index is 0.0682. The van der Waals surface area contributed by atoms with Crippen molar-refractivity contribution in [2.75, 3.05) is 31.2 Å². The molecule has 1 saturated heterocycles. The molecule has 0 spiro atoms. The van der Waals surface area contributed by atoms with Gasteiger partial charge in [-0.25, -0.2) is 9.97 Å². The number of aromatic nitrogens is 2. The van der Waals surface area contributed by atoms with Crippen LogP contribution in [0.5, 0.6) is 11.5 Å². The number of anilines is 1. The summed E-state index contributed by atoms with van der Waals surface area (Å²) < 4.78 is 11.2. The molecule has 2 amide bonds. The van der Waals surface area contributed by atoms with Gasteiger partial charge in [0, 0.05) is 29.9 Å². The zero-order valence-electron chi connectivity index (χ0n) is 18.8. The van der Waals surface area contributed by atoms with E-state index in [0.29, 0.717) is 67.3 Å². The lowest BCUT2D eigenvalue weighted by Gasteiger charge is -2.26. The molecule has 0 aliphatic carbocycles. The SMILES string of the molecule is Cc1nc([C@@H]2CCCN2C(=O)c2ccc3c(c2)OCCO3)nc2c1CC(=O)N2CC(C)C. The highest BCUT2D eigenvalue weighted by Gasteiger charge is 2.37. The number of benzene rings is 1. The maximum absolute atomic E-state index is 13.4. The number of nitrogens with zero attached hydrogens (tertiary/aromatic N) is 4. The van der Waals surface area contributed by atoms with Crippen LogP contribution in [0.3, 0.4) is 0 Å². The first-order valence-corrected chi connectivity index (χ1v) is 11.3. The van der Waals surface area contributed by atoms with E-state index in [9.17, 15) is 9.59 Å². The fourth-order valence-corrected chi connectivity index (χ4v) is 4.72. The van der Waals surface area contributed by atoms with E-state index >= 15 is 0 Å². The van der Waals surface area contributed by atoms with E-state index < -0.39 is 0 Å². The van der Waals surface area contributed by atoms with Crippen molar-refractivity contribution in [3.05, 3.63) is 40.8 Å². The monoisotopic (exact) mass is 436 g/mol. The number of fused-ring (bicyclic) bond motifs is 2. The molecule has 8 heteroatoms. The Morgan fingerprint density at radius 2 is 1.97 bits per heavy atom. The molecule has 3 aliphatic rings. The number of carbonyl (C=O) groups excluding carboxylic acids is 2. The Labute approximate surface area is 187 Å². The Morgan fingerprint density at radius 3 is 2.75 bits per heavy atom. The molecule has 5 rings (SSSR count). The van der Waals surface area contributed by atoms with Gasteiger partial charge in [0.15, 0.2) is 17.3 Å². The van der Waals surface area contributed by atoms with Gasteiger partial charge >= 0.3 is 0 Å². The molecule has 1 aromatic carbocycles. The van der Waals surface area contributed by atoms with Crippen LogP contribution in [-0.4, -0.2) is 53.0 Å². The van der Waals surface area contributed by atoms with Crippen molar-refractivity contribution in [3.63, 3.8) is 0 Å². The summed E-state index contributed by atoms with van der Waals surface area (Å²) in [5, 5.41) is 0. The molecule has 0 bridgehead atoms. The zero-order chi connectivity index (χ0) is 22.4. The molecule has 2 aromatic rings. The molecule has 32 heavy (non-hydrogen) atoms. The first kappa shape index (κ1) is 20.7. The maximum atomic E-state index is 13.4. The predicted molar refractivity (Wildman–Crippen MR) is 118 cm³/mol. The quantitative estimate of drug-likeness (QED) is 0.732. The number of likely N-dealkylation sites (tertiary alicyclic amines) is 1. The average molecular weight is 437 g/mol. The van der Waals surface area contributed by atoms with Crippen molar-refractivity contribution in [2.24, 2.45) is 5.92 Å². The Hall–Kier alpha value is -3.16. The molecular formula is C24H28N4O4. The van der Waals surface area contributed by atoms with Crippen LogP contribution in [0.25, 0.3) is 0 Å². The van der Waals surface area contributed by atoms with Crippen LogP contribution in [0.1, 0.15) is 60.2 Å². The number of hydrogen-bond donors (Lipinski definition) is 0. The van der Waals surface area contributed by atoms with Gasteiger partial charge in [-0.3, -0.25) is 14.5 Å². The summed E-state index contributed by atoms with van der Waals surface area (Å²) in [5.41, 5.74) is 2.29. The van der Waals surface area contributed by atoms with E-state index in [2.05, 4.69) is 13.8 Å². The molecule has 3 aliphatic heterocycles. The number of ether oxygens (including phenoxy) is 2. The van der Waals surface area contributed by atoms with Crippen LogP contribution >= 0.6 is 0 Å². The van der Waals surface area contributed by atoms with Crippen LogP contribution in [-0.2, 0) is 11.2 Å². The number of amides is 2. The van der Waals surface area contributed by atoms with Crippen LogP contribution in [0.2, 0.25) is 0 Å². The lowest BCUT2D eigenvalue weighted by atomic mass is 10.1. The second-order valence-electron chi connectivity index (χ2n) is 9.06. The van der Waals surface area contributed by atoms with Crippen molar-refractivity contribution < 1.29 is 19.1 Å². The number of rotatable bonds is 4. The fourth-order valence-electron chi connectivity index (χ4n) is 4.72. The highest BCUT2D eigenvalue weighted by molar-refractivity contribution is 6.00. The van der Waals surface area contributed by atoms with Crippen LogP contribution in [0.15, 0.2) is 18.2 Å². The molecule has 1 aromatic heterocycles. The molecular weight excluding hydrogens is 408 g/mol. The van der Waals surface area contributed by atoms with Gasteiger partial charge in [-0.05, 0) is 43.9 Å². The highest BCUT2D eigenvalue weighted by Crippen LogP contribution is 2.37. The fraction of sp³-hybridized carbons (Fsp3) is 0.500. The van der Waals surface area contributed by atoms with Gasteiger partial charge in [-0.15, -0.1) is 0 Å². The Balaban J connectivity index is 1.45. The number of aryl methyl sites for hydroxylation is 1. The normalized spacial score (nSPS) is 19.6. The van der Waals surface area contributed by atoms with Gasteiger partial charge in [0.05, 0.1) is 12.5 Å². The summed E-state index contributed by atoms with van der Waals surface area (Å²) in [7, 11) is 0. The number of hydrogen-bond acceptors (Lipinski definition) is 6. The molecule has 1 atom stereocenters. The van der Waals surface area contributed by atoms with Crippen molar-refractivity contribution in [1.82, 2.24) is 14.9 Å². The molecule has 0 N–H and O–H groups in total. The van der Waals surface area contributed by atoms with E-state index in [-0.39, 0.29) is 17.9 Å². The maximum Gasteiger partial charge on any atom is 0.254 e. The third-order valence-electron chi connectivity index (χ3n) is 6.24. The second-order valence-corrected chi connectivity index (χ2v) is 9.06. The third-order valence-corrected chi connectivity index (χ3v) is 6.24. The molecule has 168 valence electrons. The standard InChI is InChI=1S/C24H28N4O4/c1-14(2)13-28-21(29)12-17-15(3)25-22(26-23(17)28)18-5-4-8-27(18)24(30)16-6-7-19-20(11-16)32-10-9-31-19/h6-7,11,14,18H,4-5,8-10,12-13H2,1-3H3/t18-/m0/s1. The second kappa shape index (κ2) is 8.07. The lowest BCUT2D eigenvalue weighted by molar-refractivity contribution is -0.117. The minimum Gasteiger partial charge on any atom is -0.486 e. The van der Waals surface area contributed by atoms with Crippen molar-refractivity contribution in [2.45, 2.75) is 46.1 Å². The largest absolute Gasteiger partial charge is 0.486 e. The first-order chi connectivity index (χ1) is 15.4.